The van der Waals surface area contributed by atoms with Crippen LogP contribution in [-0.4, -0.2) is 43.9 Å². The molecule has 3 heterocycles. The molecule has 7 nitrogen and oxygen atoms in total. The standard InChI is InChI=1S/C21H22N2O5/c24-21(22-15-4-6-18-20(11-15)28-13-27-18)12-23-7-1-2-16(23)14-3-5-17-19(10-14)26-9-8-25-17/h3-6,10-11,16H,1-2,7-9,12-13H2,(H,22,24)/t16-/m0/s1. The first-order chi connectivity index (χ1) is 13.8. The minimum absolute atomic E-state index is 0.0386. The SMILES string of the molecule is O=C(CN1CCC[C@H]1c1ccc2c(c1)OCCO2)Nc1ccc2c(c1)OCO2. The topological polar surface area (TPSA) is 69.3 Å². The summed E-state index contributed by atoms with van der Waals surface area (Å²) in [4.78, 5) is 14.8. The lowest BCUT2D eigenvalue weighted by Crippen LogP contribution is -2.33. The fraction of sp³-hybridized carbons (Fsp3) is 0.381. The number of fused-ring (bicyclic) bond motifs is 2. The molecular weight excluding hydrogens is 360 g/mol. The summed E-state index contributed by atoms with van der Waals surface area (Å²) >= 11 is 0. The Hall–Kier alpha value is -2.93. The highest BCUT2D eigenvalue weighted by Gasteiger charge is 2.29. The summed E-state index contributed by atoms with van der Waals surface area (Å²) in [5.41, 5.74) is 1.88. The van der Waals surface area contributed by atoms with Gasteiger partial charge in [-0.15, -0.1) is 0 Å². The zero-order valence-corrected chi connectivity index (χ0v) is 15.5. The Labute approximate surface area is 163 Å². The monoisotopic (exact) mass is 382 g/mol. The van der Waals surface area contributed by atoms with Crippen LogP contribution < -0.4 is 24.3 Å². The summed E-state index contributed by atoms with van der Waals surface area (Å²) in [5.74, 6) is 2.91. The van der Waals surface area contributed by atoms with Gasteiger partial charge in [-0.2, -0.15) is 0 Å². The number of likely N-dealkylation sites (tertiary alicyclic amines) is 1. The number of carbonyl (C=O) groups excluding carboxylic acids is 1. The number of ether oxygens (including phenoxy) is 4. The highest BCUT2D eigenvalue weighted by atomic mass is 16.7. The molecule has 0 spiro atoms. The van der Waals surface area contributed by atoms with Gasteiger partial charge in [0.2, 0.25) is 12.7 Å². The van der Waals surface area contributed by atoms with Crippen molar-refractivity contribution in [3.05, 3.63) is 42.0 Å². The zero-order chi connectivity index (χ0) is 18.9. The van der Waals surface area contributed by atoms with E-state index in [-0.39, 0.29) is 18.7 Å². The van der Waals surface area contributed by atoms with E-state index in [0.717, 1.165) is 36.4 Å². The highest BCUT2D eigenvalue weighted by molar-refractivity contribution is 5.92. The van der Waals surface area contributed by atoms with Crippen LogP contribution in [0, 0.1) is 0 Å². The van der Waals surface area contributed by atoms with E-state index in [9.17, 15) is 4.79 Å². The third-order valence-corrected chi connectivity index (χ3v) is 5.32. The molecule has 1 N–H and O–H groups in total. The lowest BCUT2D eigenvalue weighted by Gasteiger charge is -2.26. The number of rotatable bonds is 4. The molecule has 146 valence electrons. The molecule has 7 heteroatoms. The predicted molar refractivity (Wildman–Crippen MR) is 102 cm³/mol. The van der Waals surface area contributed by atoms with Crippen LogP contribution in [0.4, 0.5) is 5.69 Å². The molecule has 3 aliphatic heterocycles. The van der Waals surface area contributed by atoms with Crippen molar-refractivity contribution in [1.82, 2.24) is 4.90 Å². The maximum atomic E-state index is 12.6. The van der Waals surface area contributed by atoms with Crippen LogP contribution in [-0.2, 0) is 4.79 Å². The van der Waals surface area contributed by atoms with Crippen molar-refractivity contribution in [3.63, 3.8) is 0 Å². The first-order valence-corrected chi connectivity index (χ1v) is 9.59. The molecular formula is C21H22N2O5. The van der Waals surface area contributed by atoms with Crippen molar-refractivity contribution < 1.29 is 23.7 Å². The Morgan fingerprint density at radius 1 is 0.964 bits per heavy atom. The number of carbonyl (C=O) groups is 1. The second kappa shape index (κ2) is 7.24. The Kier molecular flexibility index (Phi) is 4.44. The summed E-state index contributed by atoms with van der Waals surface area (Å²) in [5, 5.41) is 2.96. The van der Waals surface area contributed by atoms with Gasteiger partial charge in [0.25, 0.3) is 0 Å². The van der Waals surface area contributed by atoms with Gasteiger partial charge in [-0.05, 0) is 49.2 Å². The van der Waals surface area contributed by atoms with Crippen LogP contribution >= 0.6 is 0 Å². The number of nitrogens with zero attached hydrogens (tertiary/aromatic N) is 1. The molecule has 0 bridgehead atoms. The molecule has 1 amide bonds. The van der Waals surface area contributed by atoms with Crippen LogP contribution in [0.3, 0.4) is 0 Å². The van der Waals surface area contributed by atoms with Gasteiger partial charge < -0.3 is 24.3 Å². The van der Waals surface area contributed by atoms with Gasteiger partial charge in [-0.25, -0.2) is 0 Å². The molecule has 0 aliphatic carbocycles. The van der Waals surface area contributed by atoms with E-state index in [1.54, 1.807) is 6.07 Å². The molecule has 0 saturated carbocycles. The van der Waals surface area contributed by atoms with E-state index in [1.807, 2.05) is 24.3 Å². The smallest absolute Gasteiger partial charge is 0.238 e. The van der Waals surface area contributed by atoms with E-state index in [0.29, 0.717) is 36.9 Å². The minimum atomic E-state index is -0.0386. The Bertz CT molecular complexity index is 900. The quantitative estimate of drug-likeness (QED) is 0.877. The van der Waals surface area contributed by atoms with Crippen molar-refractivity contribution in [2.75, 3.05) is 38.4 Å². The van der Waals surface area contributed by atoms with Gasteiger partial charge in [0, 0.05) is 17.8 Å². The van der Waals surface area contributed by atoms with Gasteiger partial charge in [0.05, 0.1) is 6.54 Å². The van der Waals surface area contributed by atoms with E-state index in [4.69, 9.17) is 18.9 Å². The summed E-state index contributed by atoms with van der Waals surface area (Å²) < 4.78 is 22.0. The van der Waals surface area contributed by atoms with Gasteiger partial charge in [-0.1, -0.05) is 6.07 Å². The number of hydrogen-bond donors (Lipinski definition) is 1. The Morgan fingerprint density at radius 2 is 1.71 bits per heavy atom. The summed E-state index contributed by atoms with van der Waals surface area (Å²) in [6.07, 6.45) is 2.09. The average molecular weight is 382 g/mol. The molecule has 2 aromatic carbocycles. The first kappa shape index (κ1) is 17.2. The van der Waals surface area contributed by atoms with Crippen LogP contribution in [0.1, 0.15) is 24.4 Å². The number of benzene rings is 2. The van der Waals surface area contributed by atoms with Crippen molar-refractivity contribution in [2.45, 2.75) is 18.9 Å². The second-order valence-corrected chi connectivity index (χ2v) is 7.15. The van der Waals surface area contributed by atoms with E-state index < -0.39 is 0 Å². The molecule has 0 unspecified atom stereocenters. The largest absolute Gasteiger partial charge is 0.486 e. The fourth-order valence-corrected chi connectivity index (χ4v) is 4.02. The van der Waals surface area contributed by atoms with Crippen LogP contribution in [0.2, 0.25) is 0 Å². The molecule has 5 rings (SSSR count). The predicted octanol–water partition coefficient (Wildman–Crippen LogP) is 2.96. The van der Waals surface area contributed by atoms with E-state index >= 15 is 0 Å². The van der Waals surface area contributed by atoms with Crippen molar-refractivity contribution in [3.8, 4) is 23.0 Å². The lowest BCUT2D eigenvalue weighted by atomic mass is 10.0. The zero-order valence-electron chi connectivity index (χ0n) is 15.5. The molecule has 0 aromatic heterocycles. The summed E-state index contributed by atoms with van der Waals surface area (Å²) in [6, 6.07) is 11.7. The maximum absolute atomic E-state index is 12.6. The number of nitrogens with one attached hydrogen (secondary N) is 1. The molecule has 3 aliphatic rings. The molecule has 2 aromatic rings. The highest BCUT2D eigenvalue weighted by Crippen LogP contribution is 2.38. The van der Waals surface area contributed by atoms with Crippen molar-refractivity contribution in [2.24, 2.45) is 0 Å². The summed E-state index contributed by atoms with van der Waals surface area (Å²) in [6.45, 7) is 2.61. The van der Waals surface area contributed by atoms with Gasteiger partial charge in [0.15, 0.2) is 23.0 Å². The molecule has 1 fully saturated rings. The molecule has 1 saturated heterocycles. The molecule has 0 radical (unpaired) electrons. The third kappa shape index (κ3) is 3.33. The van der Waals surface area contributed by atoms with Gasteiger partial charge in [-0.3, -0.25) is 9.69 Å². The van der Waals surface area contributed by atoms with E-state index in [2.05, 4.69) is 16.3 Å². The minimum Gasteiger partial charge on any atom is -0.486 e. The van der Waals surface area contributed by atoms with E-state index in [1.165, 1.54) is 0 Å². The fourth-order valence-electron chi connectivity index (χ4n) is 4.02. The summed E-state index contributed by atoms with van der Waals surface area (Å²) in [7, 11) is 0. The van der Waals surface area contributed by atoms with Crippen LogP contribution in [0.15, 0.2) is 36.4 Å². The first-order valence-electron chi connectivity index (χ1n) is 9.59. The van der Waals surface area contributed by atoms with Gasteiger partial charge >= 0.3 is 0 Å². The van der Waals surface area contributed by atoms with Crippen molar-refractivity contribution in [1.29, 1.82) is 0 Å². The molecule has 28 heavy (non-hydrogen) atoms. The second-order valence-electron chi connectivity index (χ2n) is 7.15. The van der Waals surface area contributed by atoms with Crippen molar-refractivity contribution >= 4 is 11.6 Å². The van der Waals surface area contributed by atoms with Crippen LogP contribution in [0.25, 0.3) is 0 Å². The Balaban J connectivity index is 1.26. The third-order valence-electron chi connectivity index (χ3n) is 5.32. The normalized spacial score (nSPS) is 20.2. The number of hydrogen-bond acceptors (Lipinski definition) is 6. The lowest BCUT2D eigenvalue weighted by molar-refractivity contribution is -0.117. The number of anilines is 1. The number of amides is 1. The van der Waals surface area contributed by atoms with Gasteiger partial charge in [0.1, 0.15) is 13.2 Å². The maximum Gasteiger partial charge on any atom is 0.238 e. The molecule has 1 atom stereocenters. The van der Waals surface area contributed by atoms with Crippen LogP contribution in [0.5, 0.6) is 23.0 Å². The Morgan fingerprint density at radius 3 is 2.64 bits per heavy atom. The average Bonchev–Trinajstić information content (AvgIpc) is 3.36.